The van der Waals surface area contributed by atoms with Crippen molar-refractivity contribution in [3.63, 3.8) is 0 Å². The van der Waals surface area contributed by atoms with Gasteiger partial charge in [-0.1, -0.05) is 30.4 Å². The molecule has 0 spiro atoms. The number of carbonyl (C=O) groups is 1. The third kappa shape index (κ3) is 6.64. The first-order valence-electron chi connectivity index (χ1n) is 8.10. The topological polar surface area (TPSA) is 76.0 Å². The van der Waals surface area contributed by atoms with Crippen LogP contribution in [0.3, 0.4) is 0 Å². The van der Waals surface area contributed by atoms with E-state index in [0.717, 1.165) is 6.08 Å². The minimum atomic E-state index is -3.09. The first kappa shape index (κ1) is 20.8. The molecule has 0 fully saturated rings. The van der Waals surface area contributed by atoms with Crippen LogP contribution in [0.1, 0.15) is 11.1 Å². The number of allylic oxidation sites excluding steroid dienone is 3. The molecule has 2 aromatic carbocycles. The molecule has 144 valence electrons. The predicted octanol–water partition coefficient (Wildman–Crippen LogP) is 4.23. The predicted molar refractivity (Wildman–Crippen MR) is 103 cm³/mol. The lowest BCUT2D eigenvalue weighted by Gasteiger charge is -2.04. The highest BCUT2D eigenvalue weighted by molar-refractivity contribution is 6.35. The van der Waals surface area contributed by atoms with Crippen LogP contribution in [0, 0.1) is 0 Å². The number of halogens is 2. The average molecular weight is 386 g/mol. The van der Waals surface area contributed by atoms with Gasteiger partial charge in [0.15, 0.2) is 17.3 Å². The Hall–Kier alpha value is -3.55. The zero-order chi connectivity index (χ0) is 20.5. The summed E-state index contributed by atoms with van der Waals surface area (Å²) in [5.74, 6) is -0.622. The van der Waals surface area contributed by atoms with E-state index < -0.39 is 13.3 Å². The summed E-state index contributed by atoms with van der Waals surface area (Å²) in [7, 11) is -1.70. The smallest absolute Gasteiger partial charge is 0.508 e. The maximum absolute atomic E-state index is 12.6. The lowest BCUT2D eigenvalue weighted by molar-refractivity contribution is -0.110. The van der Waals surface area contributed by atoms with Gasteiger partial charge < -0.3 is 19.6 Å². The molecule has 2 rings (SSSR count). The molecule has 0 atom stereocenters. The van der Waals surface area contributed by atoms with Gasteiger partial charge in [-0.05, 0) is 47.5 Å². The van der Waals surface area contributed by atoms with Crippen LogP contribution >= 0.6 is 0 Å². The maximum Gasteiger partial charge on any atom is 0.796 e. The van der Waals surface area contributed by atoms with E-state index in [1.165, 1.54) is 55.7 Å². The Labute approximate surface area is 161 Å². The van der Waals surface area contributed by atoms with Gasteiger partial charge in [0.05, 0.1) is 7.11 Å². The van der Waals surface area contributed by atoms with Crippen LogP contribution < -0.4 is 4.74 Å². The van der Waals surface area contributed by atoms with Gasteiger partial charge in [0.2, 0.25) is 0 Å². The van der Waals surface area contributed by atoms with E-state index in [4.69, 9.17) is 4.74 Å². The van der Waals surface area contributed by atoms with Crippen molar-refractivity contribution in [2.45, 2.75) is 0 Å². The van der Waals surface area contributed by atoms with Crippen molar-refractivity contribution in [1.29, 1.82) is 0 Å². The third-order valence-electron chi connectivity index (χ3n) is 3.49. The Morgan fingerprint density at radius 2 is 1.64 bits per heavy atom. The summed E-state index contributed by atoms with van der Waals surface area (Å²) >= 11 is 0. The fourth-order valence-electron chi connectivity index (χ4n) is 2.15. The van der Waals surface area contributed by atoms with Gasteiger partial charge in [-0.3, -0.25) is 4.79 Å². The van der Waals surface area contributed by atoms with E-state index in [1.54, 1.807) is 18.2 Å². The Bertz CT molecular complexity index is 905. The summed E-state index contributed by atoms with van der Waals surface area (Å²) < 4.78 is 34.5. The Morgan fingerprint density at radius 3 is 2.29 bits per heavy atom. The van der Waals surface area contributed by atoms with Crippen LogP contribution in [0.25, 0.3) is 12.2 Å². The van der Waals surface area contributed by atoms with Crippen LogP contribution in [-0.4, -0.2) is 30.6 Å². The molecule has 0 unspecified atom stereocenters. The van der Waals surface area contributed by atoms with Gasteiger partial charge in [0.25, 0.3) is 0 Å². The molecule has 0 aliphatic heterocycles. The van der Waals surface area contributed by atoms with E-state index in [-0.39, 0.29) is 23.0 Å². The molecule has 0 heterocycles. The van der Waals surface area contributed by atoms with E-state index in [0.29, 0.717) is 11.1 Å². The molecule has 0 radical (unpaired) electrons. The van der Waals surface area contributed by atoms with Crippen molar-refractivity contribution in [2.75, 3.05) is 7.11 Å². The van der Waals surface area contributed by atoms with E-state index >= 15 is 0 Å². The van der Waals surface area contributed by atoms with Crippen molar-refractivity contribution in [3.05, 3.63) is 77.6 Å². The first-order chi connectivity index (χ1) is 13.4. The first-order valence-corrected chi connectivity index (χ1v) is 8.10. The number of methoxy groups -OCH3 is 1. The second-order valence-corrected chi connectivity index (χ2v) is 5.52. The van der Waals surface area contributed by atoms with Gasteiger partial charge >= 0.3 is 7.47 Å². The number of hydrogen-bond donors (Lipinski definition) is 2. The molecule has 5 nitrogen and oxygen atoms in total. The second-order valence-electron chi connectivity index (χ2n) is 5.52. The number of ether oxygens (including phenoxy) is 1. The third-order valence-corrected chi connectivity index (χ3v) is 3.49. The molecular weight excluding hydrogens is 369 g/mol. The van der Waals surface area contributed by atoms with Crippen LogP contribution in [0.15, 0.2) is 66.5 Å². The SMILES string of the molecule is COc1cc(/C=C/C(=O)/C=C(/C=C/c2ccc(O)cc2)OB(F)F)ccc1O. The molecule has 8 heteroatoms. The zero-order valence-corrected chi connectivity index (χ0v) is 14.9. The minimum absolute atomic E-state index is 0.0436. The highest BCUT2D eigenvalue weighted by Gasteiger charge is 2.18. The fraction of sp³-hybridized carbons (Fsp3) is 0.0500. The molecule has 28 heavy (non-hydrogen) atoms. The summed E-state index contributed by atoms with van der Waals surface area (Å²) in [6.07, 6.45) is 6.25. The molecule has 0 saturated carbocycles. The van der Waals surface area contributed by atoms with Crippen molar-refractivity contribution in [2.24, 2.45) is 0 Å². The van der Waals surface area contributed by atoms with E-state index in [9.17, 15) is 23.6 Å². The van der Waals surface area contributed by atoms with Crippen molar-refractivity contribution < 1.29 is 33.0 Å². The number of benzene rings is 2. The summed E-state index contributed by atoms with van der Waals surface area (Å²) in [4.78, 5) is 12.0. The number of phenols is 2. The quantitative estimate of drug-likeness (QED) is 0.307. The van der Waals surface area contributed by atoms with Gasteiger partial charge in [0.1, 0.15) is 11.5 Å². The van der Waals surface area contributed by atoms with Crippen molar-refractivity contribution in [3.8, 4) is 17.2 Å². The van der Waals surface area contributed by atoms with Crippen molar-refractivity contribution in [1.82, 2.24) is 0 Å². The summed E-state index contributed by atoms with van der Waals surface area (Å²) in [6.45, 7) is 0. The summed E-state index contributed by atoms with van der Waals surface area (Å²) in [5, 5.41) is 18.8. The van der Waals surface area contributed by atoms with Gasteiger partial charge in [-0.25, -0.2) is 8.63 Å². The molecule has 0 bridgehead atoms. The Balaban J connectivity index is 2.15. The van der Waals surface area contributed by atoms with Crippen LogP contribution in [0.5, 0.6) is 17.2 Å². The van der Waals surface area contributed by atoms with E-state index in [1.807, 2.05) is 0 Å². The lowest BCUT2D eigenvalue weighted by Crippen LogP contribution is -2.04. The van der Waals surface area contributed by atoms with Crippen LogP contribution in [0.2, 0.25) is 0 Å². The van der Waals surface area contributed by atoms with E-state index in [2.05, 4.69) is 4.65 Å². The maximum atomic E-state index is 12.6. The number of hydrogen-bond acceptors (Lipinski definition) is 5. The Kier molecular flexibility index (Phi) is 7.39. The zero-order valence-electron chi connectivity index (χ0n) is 14.9. The molecule has 0 saturated heterocycles. The van der Waals surface area contributed by atoms with Crippen LogP contribution in [-0.2, 0) is 9.45 Å². The number of ketones is 1. The highest BCUT2D eigenvalue weighted by atomic mass is 19.2. The molecule has 2 aromatic rings. The highest BCUT2D eigenvalue weighted by Crippen LogP contribution is 2.26. The number of carbonyl (C=O) groups excluding carboxylic acids is 1. The molecule has 0 aliphatic carbocycles. The second kappa shape index (κ2) is 9.96. The molecule has 0 aromatic heterocycles. The largest absolute Gasteiger partial charge is 0.796 e. The monoisotopic (exact) mass is 386 g/mol. The standard InChI is InChI=1S/C20H17BF2O5/c1-27-20-12-15(6-11-19(20)26)4-9-17(25)13-18(28-21(22)23)10-5-14-2-7-16(24)8-3-14/h2-13,24,26H,1H3/b9-4+,10-5+,18-13-. The number of rotatable bonds is 8. The number of phenolic OH excluding ortho intramolecular Hbond substituents is 2. The number of aromatic hydroxyl groups is 2. The van der Waals surface area contributed by atoms with Crippen LogP contribution in [0.4, 0.5) is 8.63 Å². The molecule has 0 amide bonds. The minimum Gasteiger partial charge on any atom is -0.508 e. The van der Waals surface area contributed by atoms with Gasteiger partial charge in [-0.2, -0.15) is 0 Å². The summed E-state index contributed by atoms with van der Waals surface area (Å²) in [5.41, 5.74) is 1.20. The van der Waals surface area contributed by atoms with Gasteiger partial charge in [0, 0.05) is 6.08 Å². The van der Waals surface area contributed by atoms with Gasteiger partial charge in [-0.15, -0.1) is 0 Å². The fourth-order valence-corrected chi connectivity index (χ4v) is 2.15. The van der Waals surface area contributed by atoms with Crippen molar-refractivity contribution >= 4 is 25.4 Å². The summed E-state index contributed by atoms with van der Waals surface area (Å²) in [6, 6.07) is 10.5. The molecule has 2 N–H and O–H groups in total. The Morgan fingerprint density at radius 1 is 1.00 bits per heavy atom. The molecular formula is C20H17BF2O5. The average Bonchev–Trinajstić information content (AvgIpc) is 2.66. The lowest BCUT2D eigenvalue weighted by atomic mass is 10.1. The molecule has 0 aliphatic rings. The normalized spacial score (nSPS) is 11.8.